The molecule has 1 atom stereocenters. The second kappa shape index (κ2) is 5.31. The van der Waals surface area contributed by atoms with Gasteiger partial charge in [0.2, 0.25) is 5.91 Å². The van der Waals surface area contributed by atoms with Crippen LogP contribution in [0.15, 0.2) is 18.5 Å². The molecule has 1 amide bonds. The van der Waals surface area contributed by atoms with Gasteiger partial charge >= 0.3 is 0 Å². The number of rotatable bonds is 4. The molecule has 17 heavy (non-hydrogen) atoms. The van der Waals surface area contributed by atoms with Crippen LogP contribution in [0.1, 0.15) is 12.8 Å². The van der Waals surface area contributed by atoms with Crippen molar-refractivity contribution in [3.8, 4) is 0 Å². The molecular formula is C12H20N4O. The second-order valence-electron chi connectivity index (χ2n) is 4.85. The lowest BCUT2D eigenvalue weighted by Crippen LogP contribution is -2.42. The Labute approximate surface area is 102 Å². The lowest BCUT2D eigenvalue weighted by atomic mass is 10.2. The van der Waals surface area contributed by atoms with Crippen molar-refractivity contribution in [3.05, 3.63) is 18.5 Å². The van der Waals surface area contributed by atoms with E-state index >= 15 is 0 Å². The molecule has 2 heterocycles. The Morgan fingerprint density at radius 3 is 3.00 bits per heavy atom. The summed E-state index contributed by atoms with van der Waals surface area (Å²) < 4.78 is 1.91. The molecule has 1 unspecified atom stereocenters. The topological polar surface area (TPSA) is 41.4 Å². The summed E-state index contributed by atoms with van der Waals surface area (Å²) in [5, 5.41) is 4.20. The third-order valence-corrected chi connectivity index (χ3v) is 3.11. The first-order valence-corrected chi connectivity index (χ1v) is 6.08. The summed E-state index contributed by atoms with van der Waals surface area (Å²) in [4.78, 5) is 16.0. The van der Waals surface area contributed by atoms with Gasteiger partial charge in [-0.1, -0.05) is 0 Å². The second-order valence-corrected chi connectivity index (χ2v) is 4.85. The molecule has 1 saturated heterocycles. The molecule has 0 aliphatic carbocycles. The molecule has 1 aromatic heterocycles. The van der Waals surface area contributed by atoms with Crippen molar-refractivity contribution in [1.29, 1.82) is 0 Å². The number of hydrogen-bond acceptors (Lipinski definition) is 3. The summed E-state index contributed by atoms with van der Waals surface area (Å²) in [6.45, 7) is 2.19. The molecule has 1 fully saturated rings. The fourth-order valence-corrected chi connectivity index (χ4v) is 2.34. The van der Waals surface area contributed by atoms with Crippen molar-refractivity contribution in [2.24, 2.45) is 0 Å². The predicted molar refractivity (Wildman–Crippen MR) is 65.5 cm³/mol. The number of aromatic nitrogens is 2. The summed E-state index contributed by atoms with van der Waals surface area (Å²) >= 11 is 0. The first kappa shape index (κ1) is 12.1. The van der Waals surface area contributed by atoms with Crippen molar-refractivity contribution in [1.82, 2.24) is 19.6 Å². The summed E-state index contributed by atoms with van der Waals surface area (Å²) in [5.74, 6) is 0.227. The number of likely N-dealkylation sites (tertiary alicyclic amines) is 1. The van der Waals surface area contributed by atoms with Crippen LogP contribution in [0.25, 0.3) is 0 Å². The summed E-state index contributed by atoms with van der Waals surface area (Å²) in [6.07, 6.45) is 5.91. The van der Waals surface area contributed by atoms with Gasteiger partial charge in [-0.3, -0.25) is 9.48 Å². The molecule has 0 aromatic carbocycles. The average Bonchev–Trinajstić information content (AvgIpc) is 2.88. The number of nitrogens with zero attached hydrogens (tertiary/aromatic N) is 4. The third kappa shape index (κ3) is 3.06. The van der Waals surface area contributed by atoms with Crippen LogP contribution in [-0.4, -0.2) is 58.7 Å². The van der Waals surface area contributed by atoms with Crippen molar-refractivity contribution < 1.29 is 4.79 Å². The van der Waals surface area contributed by atoms with Crippen LogP contribution < -0.4 is 0 Å². The van der Waals surface area contributed by atoms with Gasteiger partial charge in [-0.2, -0.15) is 5.10 Å². The molecule has 1 aromatic rings. The molecule has 5 heteroatoms. The summed E-state index contributed by atoms with van der Waals surface area (Å²) in [5.41, 5.74) is 0. The summed E-state index contributed by atoms with van der Waals surface area (Å²) in [6, 6.07) is 2.23. The molecule has 0 N–H and O–H groups in total. The Morgan fingerprint density at radius 2 is 2.35 bits per heavy atom. The smallest absolute Gasteiger partial charge is 0.237 e. The molecule has 0 radical (unpaired) electrons. The maximum atomic E-state index is 12.0. The van der Waals surface area contributed by atoms with Crippen LogP contribution in [0.2, 0.25) is 0 Å². The third-order valence-electron chi connectivity index (χ3n) is 3.11. The number of hydrogen-bond donors (Lipinski definition) is 0. The van der Waals surface area contributed by atoms with Gasteiger partial charge in [-0.15, -0.1) is 0 Å². The molecule has 0 saturated carbocycles. The van der Waals surface area contributed by atoms with Crippen LogP contribution in [0.5, 0.6) is 0 Å². The maximum absolute atomic E-state index is 12.0. The summed E-state index contributed by atoms with van der Waals surface area (Å²) in [7, 11) is 3.85. The standard InChI is InChI=1S/C12H20N4O/c1-14(2)10-12(17)16-8-3-5-11(16)9-15-7-4-6-13-15/h4,6-7,11H,3,5,8-10H2,1-2H3. The van der Waals surface area contributed by atoms with E-state index in [9.17, 15) is 4.79 Å². The van der Waals surface area contributed by atoms with Crippen LogP contribution in [0.4, 0.5) is 0 Å². The molecule has 94 valence electrons. The highest BCUT2D eigenvalue weighted by molar-refractivity contribution is 5.78. The number of carbonyl (C=O) groups is 1. The minimum atomic E-state index is 0.227. The fourth-order valence-electron chi connectivity index (χ4n) is 2.34. The van der Waals surface area contributed by atoms with Gasteiger partial charge in [-0.05, 0) is 33.0 Å². The molecule has 0 bridgehead atoms. The van der Waals surface area contributed by atoms with Crippen molar-refractivity contribution in [3.63, 3.8) is 0 Å². The zero-order chi connectivity index (χ0) is 12.3. The first-order valence-electron chi connectivity index (χ1n) is 6.08. The number of carbonyl (C=O) groups excluding carboxylic acids is 1. The van der Waals surface area contributed by atoms with Crippen molar-refractivity contribution >= 4 is 5.91 Å². The highest BCUT2D eigenvalue weighted by atomic mass is 16.2. The van der Waals surface area contributed by atoms with E-state index < -0.39 is 0 Å². The van der Waals surface area contributed by atoms with Gasteiger partial charge < -0.3 is 9.80 Å². The van der Waals surface area contributed by atoms with Gasteiger partial charge in [0.1, 0.15) is 0 Å². The van der Waals surface area contributed by atoms with E-state index in [2.05, 4.69) is 5.10 Å². The lowest BCUT2D eigenvalue weighted by molar-refractivity contribution is -0.132. The minimum absolute atomic E-state index is 0.227. The van der Waals surface area contributed by atoms with E-state index in [4.69, 9.17) is 0 Å². The molecular weight excluding hydrogens is 216 g/mol. The highest BCUT2D eigenvalue weighted by Crippen LogP contribution is 2.18. The zero-order valence-electron chi connectivity index (χ0n) is 10.5. The molecule has 2 rings (SSSR count). The van der Waals surface area contributed by atoms with Crippen LogP contribution >= 0.6 is 0 Å². The van der Waals surface area contributed by atoms with Gasteiger partial charge in [0, 0.05) is 18.9 Å². The number of likely N-dealkylation sites (N-methyl/N-ethyl adjacent to an activating group) is 1. The predicted octanol–water partition coefficient (Wildman–Crippen LogP) is 0.436. The van der Waals surface area contributed by atoms with Crippen LogP contribution in [0, 0.1) is 0 Å². The monoisotopic (exact) mass is 236 g/mol. The van der Waals surface area contributed by atoms with Crippen LogP contribution in [-0.2, 0) is 11.3 Å². The van der Waals surface area contributed by atoms with E-state index in [0.29, 0.717) is 12.6 Å². The van der Waals surface area contributed by atoms with Crippen LogP contribution in [0.3, 0.4) is 0 Å². The van der Waals surface area contributed by atoms with Gasteiger partial charge in [0.25, 0.3) is 0 Å². The fraction of sp³-hybridized carbons (Fsp3) is 0.667. The van der Waals surface area contributed by atoms with Gasteiger partial charge in [-0.25, -0.2) is 0 Å². The number of amides is 1. The largest absolute Gasteiger partial charge is 0.337 e. The Morgan fingerprint density at radius 1 is 1.53 bits per heavy atom. The molecule has 1 aliphatic heterocycles. The van der Waals surface area contributed by atoms with Gasteiger partial charge in [0.05, 0.1) is 19.1 Å². The lowest BCUT2D eigenvalue weighted by Gasteiger charge is -2.26. The van der Waals surface area contributed by atoms with E-state index in [-0.39, 0.29) is 5.91 Å². The Kier molecular flexibility index (Phi) is 3.78. The average molecular weight is 236 g/mol. The van der Waals surface area contributed by atoms with E-state index in [0.717, 1.165) is 25.9 Å². The van der Waals surface area contributed by atoms with Crippen molar-refractivity contribution in [2.75, 3.05) is 27.2 Å². The molecule has 0 spiro atoms. The SMILES string of the molecule is CN(C)CC(=O)N1CCCC1Cn1cccn1. The molecule has 1 aliphatic rings. The maximum Gasteiger partial charge on any atom is 0.237 e. The van der Waals surface area contributed by atoms with E-state index in [1.807, 2.05) is 40.8 Å². The van der Waals surface area contributed by atoms with E-state index in [1.54, 1.807) is 6.20 Å². The van der Waals surface area contributed by atoms with E-state index in [1.165, 1.54) is 0 Å². The first-order chi connectivity index (χ1) is 8.16. The zero-order valence-corrected chi connectivity index (χ0v) is 10.5. The normalized spacial score (nSPS) is 20.2. The van der Waals surface area contributed by atoms with Gasteiger partial charge in [0.15, 0.2) is 0 Å². The Hall–Kier alpha value is -1.36. The minimum Gasteiger partial charge on any atom is -0.337 e. The Balaban J connectivity index is 1.95. The molecule has 5 nitrogen and oxygen atoms in total. The highest BCUT2D eigenvalue weighted by Gasteiger charge is 2.28. The Bertz CT molecular complexity index is 361. The van der Waals surface area contributed by atoms with Crippen molar-refractivity contribution in [2.45, 2.75) is 25.4 Å². The quantitative estimate of drug-likeness (QED) is 0.761.